The molecule has 2 aromatic rings. The van der Waals surface area contributed by atoms with Crippen molar-refractivity contribution in [2.24, 2.45) is 0 Å². The molecule has 0 spiro atoms. The van der Waals surface area contributed by atoms with E-state index < -0.39 is 6.10 Å². The molecule has 172 valence electrons. The molecular weight excluding hydrogens is 444 g/mol. The summed E-state index contributed by atoms with van der Waals surface area (Å²) < 4.78 is 5.41. The number of carbonyl (C=O) groups is 4. The van der Waals surface area contributed by atoms with Crippen molar-refractivity contribution in [1.82, 2.24) is 14.8 Å². The number of anilines is 1. The molecule has 4 heterocycles. The van der Waals surface area contributed by atoms with Crippen LogP contribution >= 0.6 is 11.3 Å². The number of nitrogens with one attached hydrogen (secondary N) is 1. The number of ether oxygens (including phenoxy) is 1. The van der Waals surface area contributed by atoms with Crippen LogP contribution in [-0.4, -0.2) is 64.2 Å². The molecule has 1 N–H and O–H groups in total. The van der Waals surface area contributed by atoms with Crippen molar-refractivity contribution in [2.75, 3.05) is 25.0 Å². The molecule has 33 heavy (non-hydrogen) atoms. The predicted octanol–water partition coefficient (Wildman–Crippen LogP) is 2.22. The van der Waals surface area contributed by atoms with Crippen molar-refractivity contribution in [1.29, 1.82) is 0 Å². The lowest BCUT2D eigenvalue weighted by molar-refractivity contribution is -0.132. The van der Waals surface area contributed by atoms with Gasteiger partial charge in [-0.3, -0.25) is 29.4 Å². The fraction of sp³-hybridized carbons (Fsp3) is 0.435. The summed E-state index contributed by atoms with van der Waals surface area (Å²) >= 11 is 1.39. The van der Waals surface area contributed by atoms with Crippen molar-refractivity contribution in [3.8, 4) is 0 Å². The van der Waals surface area contributed by atoms with Gasteiger partial charge in [0.1, 0.15) is 6.10 Å². The Morgan fingerprint density at radius 1 is 1.18 bits per heavy atom. The smallest absolute Gasteiger partial charge is 0.261 e. The summed E-state index contributed by atoms with van der Waals surface area (Å²) in [5.74, 6) is -0.781. The number of thiazole rings is 1. The predicted molar refractivity (Wildman–Crippen MR) is 120 cm³/mol. The molecule has 1 fully saturated rings. The number of carbonyl (C=O) groups excluding carboxylic acids is 4. The highest BCUT2D eigenvalue weighted by atomic mass is 32.1. The minimum absolute atomic E-state index is 0.0180. The molecule has 0 aliphatic carbocycles. The molecule has 1 unspecified atom stereocenters. The summed E-state index contributed by atoms with van der Waals surface area (Å²) in [5.41, 5.74) is 1.76. The quantitative estimate of drug-likeness (QED) is 0.651. The van der Waals surface area contributed by atoms with Gasteiger partial charge in [-0.2, -0.15) is 0 Å². The molecule has 3 aliphatic rings. The Hall–Kier alpha value is -3.11. The Morgan fingerprint density at radius 3 is 2.64 bits per heavy atom. The van der Waals surface area contributed by atoms with Crippen LogP contribution in [0, 0.1) is 0 Å². The summed E-state index contributed by atoms with van der Waals surface area (Å²) in [6.45, 7) is 1.84. The van der Waals surface area contributed by atoms with E-state index in [0.29, 0.717) is 48.8 Å². The summed E-state index contributed by atoms with van der Waals surface area (Å²) in [6.07, 6.45) is 2.50. The number of aromatic nitrogens is 1. The molecule has 5 rings (SSSR count). The van der Waals surface area contributed by atoms with Crippen LogP contribution in [0.3, 0.4) is 0 Å². The van der Waals surface area contributed by atoms with Crippen LogP contribution in [0.4, 0.5) is 5.13 Å². The highest BCUT2D eigenvalue weighted by molar-refractivity contribution is 7.15. The van der Waals surface area contributed by atoms with Gasteiger partial charge in [0.2, 0.25) is 5.91 Å². The summed E-state index contributed by atoms with van der Waals surface area (Å²) in [4.78, 5) is 58.4. The molecule has 4 amide bonds. The molecule has 0 radical (unpaired) electrons. The molecule has 3 aliphatic heterocycles. The van der Waals surface area contributed by atoms with E-state index >= 15 is 0 Å². The Bertz CT molecular complexity index is 1090. The van der Waals surface area contributed by atoms with Crippen LogP contribution in [0.15, 0.2) is 24.3 Å². The van der Waals surface area contributed by atoms with Gasteiger partial charge in [-0.25, -0.2) is 4.98 Å². The maximum atomic E-state index is 12.8. The lowest BCUT2D eigenvalue weighted by atomic mass is 10.1. The van der Waals surface area contributed by atoms with E-state index in [-0.39, 0.29) is 36.6 Å². The Balaban J connectivity index is 1.13. The molecule has 10 heteroatoms. The Kier molecular flexibility index (Phi) is 5.94. The summed E-state index contributed by atoms with van der Waals surface area (Å²) in [6, 6.07) is 6.78. The Morgan fingerprint density at radius 2 is 1.94 bits per heavy atom. The largest absolute Gasteiger partial charge is 0.368 e. The van der Waals surface area contributed by atoms with Crippen LogP contribution in [0.1, 0.15) is 57.0 Å². The van der Waals surface area contributed by atoms with Gasteiger partial charge in [0.15, 0.2) is 5.13 Å². The van der Waals surface area contributed by atoms with Crippen LogP contribution < -0.4 is 5.32 Å². The topological polar surface area (TPSA) is 109 Å². The average molecular weight is 469 g/mol. The minimum atomic E-state index is -0.411. The van der Waals surface area contributed by atoms with Crippen LogP contribution in [0.5, 0.6) is 0 Å². The second-order valence-corrected chi connectivity index (χ2v) is 9.44. The number of imide groups is 1. The highest BCUT2D eigenvalue weighted by Gasteiger charge is 2.35. The lowest BCUT2D eigenvalue weighted by Gasteiger charge is -2.26. The van der Waals surface area contributed by atoms with Gasteiger partial charge in [0.05, 0.1) is 23.4 Å². The fourth-order valence-corrected chi connectivity index (χ4v) is 5.45. The number of fused-ring (bicyclic) bond motifs is 2. The van der Waals surface area contributed by atoms with Crippen LogP contribution in [0.25, 0.3) is 0 Å². The lowest BCUT2D eigenvalue weighted by Crippen LogP contribution is -2.36. The molecule has 1 aromatic heterocycles. The molecule has 1 atom stereocenters. The Labute approximate surface area is 194 Å². The molecule has 1 aromatic carbocycles. The van der Waals surface area contributed by atoms with Gasteiger partial charge in [-0.05, 0) is 31.4 Å². The van der Waals surface area contributed by atoms with Crippen molar-refractivity contribution in [2.45, 2.75) is 44.8 Å². The number of nitrogens with zero attached hydrogens (tertiary/aromatic N) is 3. The maximum absolute atomic E-state index is 12.8. The number of benzene rings is 1. The normalized spacial score (nSPS) is 19.6. The SMILES string of the molecule is O=C(Nc1nc2c(s1)CN(C(=O)CCCN1C(=O)c3ccccc3C1=O)CC2)C1CCCO1. The summed E-state index contributed by atoms with van der Waals surface area (Å²) in [5, 5.41) is 3.38. The first-order valence-electron chi connectivity index (χ1n) is 11.2. The van der Waals surface area contributed by atoms with Gasteiger partial charge >= 0.3 is 0 Å². The third-order valence-electron chi connectivity index (χ3n) is 6.19. The van der Waals surface area contributed by atoms with E-state index in [4.69, 9.17) is 4.74 Å². The van der Waals surface area contributed by atoms with Gasteiger partial charge in [0, 0.05) is 37.4 Å². The zero-order chi connectivity index (χ0) is 22.9. The standard InChI is InChI=1S/C23H24N4O5S/c28-19(8-3-10-27-21(30)14-5-1-2-6-15(14)22(27)31)26-11-9-16-18(13-26)33-23(24-16)25-20(29)17-7-4-12-32-17/h1-2,5-6,17H,3-4,7-13H2,(H,24,25,29). The second-order valence-electron chi connectivity index (χ2n) is 8.36. The first-order chi connectivity index (χ1) is 16.0. The molecule has 0 bridgehead atoms. The minimum Gasteiger partial charge on any atom is -0.368 e. The molecule has 9 nitrogen and oxygen atoms in total. The maximum Gasteiger partial charge on any atom is 0.261 e. The number of hydrogen-bond acceptors (Lipinski definition) is 7. The molecule has 1 saturated heterocycles. The van der Waals surface area contributed by atoms with E-state index in [2.05, 4.69) is 10.3 Å². The van der Waals surface area contributed by atoms with Gasteiger partial charge in [-0.15, -0.1) is 0 Å². The van der Waals surface area contributed by atoms with Crippen LogP contribution in [0.2, 0.25) is 0 Å². The molecular formula is C23H24N4O5S. The van der Waals surface area contributed by atoms with Gasteiger partial charge in [-0.1, -0.05) is 23.5 Å². The zero-order valence-corrected chi connectivity index (χ0v) is 18.9. The number of hydrogen-bond donors (Lipinski definition) is 1. The van der Waals surface area contributed by atoms with E-state index in [1.165, 1.54) is 16.2 Å². The number of rotatable bonds is 6. The van der Waals surface area contributed by atoms with Crippen molar-refractivity contribution < 1.29 is 23.9 Å². The van der Waals surface area contributed by atoms with E-state index in [1.807, 2.05) is 0 Å². The highest BCUT2D eigenvalue weighted by Crippen LogP contribution is 2.29. The first-order valence-corrected chi connectivity index (χ1v) is 12.0. The first kappa shape index (κ1) is 21.7. The average Bonchev–Trinajstić information content (AvgIpc) is 3.54. The third kappa shape index (κ3) is 4.28. The molecule has 0 saturated carbocycles. The number of amides is 4. The van der Waals surface area contributed by atoms with Crippen molar-refractivity contribution in [3.63, 3.8) is 0 Å². The van der Waals surface area contributed by atoms with E-state index in [0.717, 1.165) is 23.4 Å². The third-order valence-corrected chi connectivity index (χ3v) is 7.18. The van der Waals surface area contributed by atoms with E-state index in [9.17, 15) is 19.2 Å². The van der Waals surface area contributed by atoms with Gasteiger partial charge < -0.3 is 9.64 Å². The zero-order valence-electron chi connectivity index (χ0n) is 18.0. The monoisotopic (exact) mass is 468 g/mol. The van der Waals surface area contributed by atoms with E-state index in [1.54, 1.807) is 29.2 Å². The fourth-order valence-electron chi connectivity index (χ4n) is 4.42. The van der Waals surface area contributed by atoms with Gasteiger partial charge in [0.25, 0.3) is 17.7 Å². The summed E-state index contributed by atoms with van der Waals surface area (Å²) in [7, 11) is 0. The van der Waals surface area contributed by atoms with Crippen LogP contribution in [-0.2, 0) is 27.3 Å². The van der Waals surface area contributed by atoms with Crippen molar-refractivity contribution >= 4 is 40.1 Å². The van der Waals surface area contributed by atoms with Crippen molar-refractivity contribution in [3.05, 3.63) is 46.0 Å². The second kappa shape index (κ2) is 9.03.